The fourth-order valence-electron chi connectivity index (χ4n) is 4.08. The molecule has 8 heteroatoms. The summed E-state index contributed by atoms with van der Waals surface area (Å²) < 4.78 is 16.6. The number of benzene rings is 2. The second kappa shape index (κ2) is 10.8. The second-order valence-electron chi connectivity index (χ2n) is 10.3. The van der Waals surface area contributed by atoms with E-state index in [0.29, 0.717) is 17.1 Å². The molecule has 3 rings (SSSR count). The molecule has 0 aromatic heterocycles. The summed E-state index contributed by atoms with van der Waals surface area (Å²) in [4.78, 5) is 37.5. The first-order valence-electron chi connectivity index (χ1n) is 11.8. The van der Waals surface area contributed by atoms with E-state index in [0.717, 1.165) is 0 Å². The Morgan fingerprint density at radius 3 is 2.33 bits per heavy atom. The molecule has 8 nitrogen and oxygen atoms in total. The quantitative estimate of drug-likeness (QED) is 0.504. The summed E-state index contributed by atoms with van der Waals surface area (Å²) in [7, 11) is 0. The molecule has 1 N–H and O–H groups in total. The average Bonchev–Trinajstić information content (AvgIpc) is 3.39. The third kappa shape index (κ3) is 6.85. The third-order valence-corrected chi connectivity index (χ3v) is 5.90. The maximum atomic E-state index is 12.9. The molecule has 0 heterocycles. The summed E-state index contributed by atoms with van der Waals surface area (Å²) in [5, 5.41) is 12.4. The van der Waals surface area contributed by atoms with Crippen LogP contribution in [0.1, 0.15) is 52.7 Å². The highest BCUT2D eigenvalue weighted by molar-refractivity contribution is 5.92. The molecular weight excluding hydrogens is 460 g/mol. The lowest BCUT2D eigenvalue weighted by molar-refractivity contribution is -0.155. The van der Waals surface area contributed by atoms with Gasteiger partial charge in [0.1, 0.15) is 23.2 Å². The van der Waals surface area contributed by atoms with E-state index in [1.165, 1.54) is 0 Å². The molecule has 190 valence electrons. The maximum Gasteiger partial charge on any atom is 0.311 e. The monoisotopic (exact) mass is 492 g/mol. The smallest absolute Gasteiger partial charge is 0.311 e. The van der Waals surface area contributed by atoms with Crippen LogP contribution in [0.15, 0.2) is 54.6 Å². The van der Waals surface area contributed by atoms with Crippen LogP contribution in [0, 0.1) is 28.6 Å². The molecule has 0 saturated heterocycles. The van der Waals surface area contributed by atoms with Gasteiger partial charge in [0.05, 0.1) is 18.3 Å². The molecule has 1 amide bonds. The SMILES string of the molecule is CC(C)(C)OC(=O)CCNC(=O)C1C(C(=O)OC(C#N)c2cccc(Oc3ccccc3)c2)C1(C)C. The molecule has 1 fully saturated rings. The number of nitrogens with zero attached hydrogens (tertiary/aromatic N) is 1. The number of esters is 2. The minimum absolute atomic E-state index is 0.0309. The van der Waals surface area contributed by atoms with Crippen LogP contribution in [0.25, 0.3) is 0 Å². The number of hydrogen-bond acceptors (Lipinski definition) is 7. The highest BCUT2D eigenvalue weighted by Crippen LogP contribution is 2.59. The van der Waals surface area contributed by atoms with Crippen molar-refractivity contribution in [2.24, 2.45) is 17.3 Å². The molecule has 2 aromatic carbocycles. The van der Waals surface area contributed by atoms with E-state index < -0.39 is 40.9 Å². The molecule has 0 radical (unpaired) electrons. The Morgan fingerprint density at radius 1 is 1.03 bits per heavy atom. The van der Waals surface area contributed by atoms with Crippen LogP contribution >= 0.6 is 0 Å². The summed E-state index contributed by atoms with van der Waals surface area (Å²) in [6.45, 7) is 9.02. The van der Waals surface area contributed by atoms with Crippen molar-refractivity contribution < 1.29 is 28.6 Å². The fraction of sp³-hybridized carbons (Fsp3) is 0.429. The van der Waals surface area contributed by atoms with Crippen LogP contribution in [-0.4, -0.2) is 30.0 Å². The van der Waals surface area contributed by atoms with Gasteiger partial charge in [-0.15, -0.1) is 0 Å². The zero-order chi connectivity index (χ0) is 26.5. The first-order chi connectivity index (χ1) is 16.9. The van der Waals surface area contributed by atoms with Crippen LogP contribution < -0.4 is 10.1 Å². The number of nitrogens with one attached hydrogen (secondary N) is 1. The highest BCUT2D eigenvalue weighted by atomic mass is 16.6. The van der Waals surface area contributed by atoms with Crippen molar-refractivity contribution in [2.45, 2.75) is 52.7 Å². The standard InChI is InChI=1S/C28H32N2O6/c1-27(2,3)36-22(31)14-15-30-25(32)23-24(28(23,4)5)26(33)35-21(17-29)18-10-9-13-20(16-18)34-19-11-7-6-8-12-19/h6-13,16,21,23-24H,14-15H2,1-5H3,(H,30,32). The van der Waals surface area contributed by atoms with Gasteiger partial charge in [-0.3, -0.25) is 14.4 Å². The number of carbonyl (C=O) groups is 3. The number of amides is 1. The third-order valence-electron chi connectivity index (χ3n) is 5.90. The van der Waals surface area contributed by atoms with E-state index in [9.17, 15) is 19.6 Å². The topological polar surface area (TPSA) is 115 Å². The fourth-order valence-corrected chi connectivity index (χ4v) is 4.08. The molecule has 1 aliphatic rings. The van der Waals surface area contributed by atoms with E-state index in [1.54, 1.807) is 58.9 Å². The van der Waals surface area contributed by atoms with Crippen LogP contribution in [0.3, 0.4) is 0 Å². The zero-order valence-corrected chi connectivity index (χ0v) is 21.2. The van der Waals surface area contributed by atoms with Gasteiger partial charge >= 0.3 is 11.9 Å². The first kappa shape index (κ1) is 26.7. The lowest BCUT2D eigenvalue weighted by atomic mass is 10.1. The largest absolute Gasteiger partial charge is 0.460 e. The Kier molecular flexibility index (Phi) is 8.03. The van der Waals surface area contributed by atoms with Crippen LogP contribution in [0.5, 0.6) is 11.5 Å². The molecule has 3 unspecified atom stereocenters. The van der Waals surface area contributed by atoms with Crippen LogP contribution in [-0.2, 0) is 23.9 Å². The van der Waals surface area contributed by atoms with Crippen LogP contribution in [0.4, 0.5) is 0 Å². The van der Waals surface area contributed by atoms with Gasteiger partial charge < -0.3 is 19.5 Å². The van der Waals surface area contributed by atoms with E-state index in [4.69, 9.17) is 14.2 Å². The van der Waals surface area contributed by atoms with Crippen molar-refractivity contribution in [1.82, 2.24) is 5.32 Å². The van der Waals surface area contributed by atoms with Gasteiger partial charge in [-0.2, -0.15) is 5.26 Å². The molecule has 0 aliphatic heterocycles. The molecule has 2 aromatic rings. The molecular formula is C28H32N2O6. The number of carbonyl (C=O) groups excluding carboxylic acids is 3. The molecule has 1 aliphatic carbocycles. The molecule has 0 spiro atoms. The van der Waals surface area contributed by atoms with Crippen molar-refractivity contribution in [3.8, 4) is 17.6 Å². The number of nitriles is 1. The van der Waals surface area contributed by atoms with Crippen molar-refractivity contribution in [3.05, 3.63) is 60.2 Å². The van der Waals surface area contributed by atoms with Gasteiger partial charge in [0, 0.05) is 12.1 Å². The number of hydrogen-bond donors (Lipinski definition) is 1. The van der Waals surface area contributed by atoms with Crippen molar-refractivity contribution in [1.29, 1.82) is 5.26 Å². The second-order valence-corrected chi connectivity index (χ2v) is 10.3. The number of ether oxygens (including phenoxy) is 3. The van der Waals surface area contributed by atoms with E-state index >= 15 is 0 Å². The Balaban J connectivity index is 1.58. The molecule has 36 heavy (non-hydrogen) atoms. The lowest BCUT2D eigenvalue weighted by Crippen LogP contribution is -2.31. The normalized spacial score (nSPS) is 18.8. The predicted molar refractivity (Wildman–Crippen MR) is 132 cm³/mol. The summed E-state index contributed by atoms with van der Waals surface area (Å²) in [6.07, 6.45) is -1.12. The predicted octanol–water partition coefficient (Wildman–Crippen LogP) is 4.71. The summed E-state index contributed by atoms with van der Waals surface area (Å²) in [6, 6.07) is 18.0. The molecule has 3 atom stereocenters. The number of rotatable bonds is 9. The van der Waals surface area contributed by atoms with Crippen molar-refractivity contribution in [3.63, 3.8) is 0 Å². The minimum atomic E-state index is -1.15. The van der Waals surface area contributed by atoms with Gasteiger partial charge in [-0.1, -0.05) is 44.2 Å². The molecule has 1 saturated carbocycles. The van der Waals surface area contributed by atoms with Gasteiger partial charge in [-0.25, -0.2) is 0 Å². The Bertz CT molecular complexity index is 1150. The van der Waals surface area contributed by atoms with Crippen molar-refractivity contribution in [2.75, 3.05) is 6.54 Å². The lowest BCUT2D eigenvalue weighted by Gasteiger charge is -2.19. The van der Waals surface area contributed by atoms with Gasteiger partial charge in [-0.05, 0) is 50.5 Å². The summed E-state index contributed by atoms with van der Waals surface area (Å²) >= 11 is 0. The highest BCUT2D eigenvalue weighted by Gasteiger charge is 2.66. The number of para-hydroxylation sites is 1. The molecule has 0 bridgehead atoms. The van der Waals surface area contributed by atoms with E-state index in [2.05, 4.69) is 5.32 Å². The van der Waals surface area contributed by atoms with E-state index in [-0.39, 0.29) is 18.9 Å². The van der Waals surface area contributed by atoms with Gasteiger partial charge in [0.2, 0.25) is 12.0 Å². The van der Waals surface area contributed by atoms with E-state index in [1.807, 2.05) is 36.4 Å². The minimum Gasteiger partial charge on any atom is -0.460 e. The van der Waals surface area contributed by atoms with Gasteiger partial charge in [0.25, 0.3) is 0 Å². The average molecular weight is 493 g/mol. The zero-order valence-electron chi connectivity index (χ0n) is 21.2. The first-order valence-corrected chi connectivity index (χ1v) is 11.8. The Morgan fingerprint density at radius 2 is 1.69 bits per heavy atom. The summed E-state index contributed by atoms with van der Waals surface area (Å²) in [5.74, 6) is -1.53. The van der Waals surface area contributed by atoms with Crippen LogP contribution in [0.2, 0.25) is 0 Å². The maximum absolute atomic E-state index is 12.9. The summed E-state index contributed by atoms with van der Waals surface area (Å²) in [5.41, 5.74) is -0.763. The van der Waals surface area contributed by atoms with Crippen molar-refractivity contribution >= 4 is 17.8 Å². The van der Waals surface area contributed by atoms with Gasteiger partial charge in [0.15, 0.2) is 0 Å². The Hall–Kier alpha value is -3.86. The Labute approximate surface area is 211 Å².